The molecule has 0 nitrogen and oxygen atoms in total. The molecular weight excluding hydrogens is 312 g/mol. The highest BCUT2D eigenvalue weighted by molar-refractivity contribution is 9.11. The Kier molecular flexibility index (Phi) is 3.14. The van der Waals surface area contributed by atoms with E-state index < -0.39 is 0 Å². The summed E-state index contributed by atoms with van der Waals surface area (Å²) in [5, 5.41) is 3.55. The third-order valence-corrected chi connectivity index (χ3v) is 5.10. The molecule has 0 N–H and O–H groups in total. The number of halogens is 1. The Hall–Kier alpha value is -0.900. The Morgan fingerprint density at radius 1 is 1.00 bits per heavy atom. The van der Waals surface area contributed by atoms with Crippen molar-refractivity contribution < 1.29 is 0 Å². The van der Waals surface area contributed by atoms with Gasteiger partial charge in [0, 0.05) is 9.58 Å². The van der Waals surface area contributed by atoms with Crippen LogP contribution in [0.3, 0.4) is 0 Å². The highest BCUT2D eigenvalue weighted by atomic mass is 79.9. The first-order valence-electron chi connectivity index (χ1n) is 5.22. The van der Waals surface area contributed by atoms with Gasteiger partial charge in [0.2, 0.25) is 0 Å². The predicted octanol–water partition coefficient (Wildman–Crippen LogP) is 5.90. The number of hydrogen-bond donors (Lipinski definition) is 0. The molecule has 0 radical (unpaired) electrons. The summed E-state index contributed by atoms with van der Waals surface area (Å²) in [5.41, 5.74) is 1.30. The zero-order chi connectivity index (χ0) is 11.7. The van der Waals surface area contributed by atoms with E-state index in [9.17, 15) is 0 Å². The van der Waals surface area contributed by atoms with Crippen molar-refractivity contribution in [2.45, 2.75) is 0 Å². The Morgan fingerprint density at radius 2 is 1.88 bits per heavy atom. The lowest BCUT2D eigenvalue weighted by atomic mass is 10.1. The molecule has 0 aliphatic rings. The lowest BCUT2D eigenvalue weighted by Gasteiger charge is -1.90. The first-order chi connectivity index (χ1) is 8.33. The summed E-state index contributed by atoms with van der Waals surface area (Å²) in [4.78, 5) is 1.27. The van der Waals surface area contributed by atoms with E-state index in [4.69, 9.17) is 0 Å². The van der Waals surface area contributed by atoms with Crippen molar-refractivity contribution >= 4 is 60.8 Å². The van der Waals surface area contributed by atoms with Gasteiger partial charge in [0.05, 0.1) is 3.79 Å². The highest BCUT2D eigenvalue weighted by Crippen LogP contribution is 2.28. The molecule has 0 bridgehead atoms. The van der Waals surface area contributed by atoms with E-state index in [1.165, 1.54) is 24.3 Å². The van der Waals surface area contributed by atoms with E-state index in [0.717, 1.165) is 0 Å². The van der Waals surface area contributed by atoms with Crippen LogP contribution in [0.2, 0.25) is 0 Å². The molecular formula is C14H9BrS2. The molecule has 3 aromatic rings. The van der Waals surface area contributed by atoms with Crippen LogP contribution in [0, 0.1) is 0 Å². The summed E-state index contributed by atoms with van der Waals surface area (Å²) in [6.07, 6.45) is 4.36. The second kappa shape index (κ2) is 4.77. The van der Waals surface area contributed by atoms with E-state index in [2.05, 4.69) is 69.9 Å². The summed E-state index contributed by atoms with van der Waals surface area (Å²) in [6.45, 7) is 0. The SMILES string of the molecule is Brc1ccc(C=Cc2csc3ccccc23)s1. The molecule has 0 amide bonds. The van der Waals surface area contributed by atoms with Gasteiger partial charge in [-0.25, -0.2) is 0 Å². The fourth-order valence-electron chi connectivity index (χ4n) is 1.72. The molecule has 3 heteroatoms. The molecule has 84 valence electrons. The van der Waals surface area contributed by atoms with Crippen molar-refractivity contribution in [3.8, 4) is 0 Å². The number of thiophene rings is 2. The van der Waals surface area contributed by atoms with Crippen LogP contribution in [0.5, 0.6) is 0 Å². The second-order valence-corrected chi connectivity index (χ2v) is 7.07. The maximum atomic E-state index is 3.48. The summed E-state index contributed by atoms with van der Waals surface area (Å²) in [6, 6.07) is 12.7. The molecule has 0 aliphatic heterocycles. The van der Waals surface area contributed by atoms with Gasteiger partial charge in [-0.3, -0.25) is 0 Å². The van der Waals surface area contributed by atoms with Gasteiger partial charge >= 0.3 is 0 Å². The second-order valence-electron chi connectivity index (χ2n) is 3.66. The van der Waals surface area contributed by atoms with Crippen LogP contribution in [0.15, 0.2) is 45.6 Å². The predicted molar refractivity (Wildman–Crippen MR) is 82.8 cm³/mol. The molecule has 2 heterocycles. The van der Waals surface area contributed by atoms with Crippen molar-refractivity contribution in [2.75, 3.05) is 0 Å². The third-order valence-electron chi connectivity index (χ3n) is 2.53. The van der Waals surface area contributed by atoms with Gasteiger partial charge in [0.15, 0.2) is 0 Å². The molecule has 0 spiro atoms. The molecule has 0 saturated heterocycles. The fourth-order valence-corrected chi connectivity index (χ4v) is 3.97. The molecule has 2 aromatic heterocycles. The summed E-state index contributed by atoms with van der Waals surface area (Å²) in [7, 11) is 0. The van der Waals surface area contributed by atoms with E-state index >= 15 is 0 Å². The van der Waals surface area contributed by atoms with Crippen LogP contribution in [-0.4, -0.2) is 0 Å². The van der Waals surface area contributed by atoms with E-state index in [1.807, 2.05) is 0 Å². The van der Waals surface area contributed by atoms with Crippen molar-refractivity contribution in [2.24, 2.45) is 0 Å². The minimum Gasteiger partial charge on any atom is -0.143 e. The molecule has 17 heavy (non-hydrogen) atoms. The van der Waals surface area contributed by atoms with E-state index in [0.29, 0.717) is 0 Å². The largest absolute Gasteiger partial charge is 0.143 e. The van der Waals surface area contributed by atoms with Crippen LogP contribution in [0.4, 0.5) is 0 Å². The Bertz CT molecular complexity index is 676. The lowest BCUT2D eigenvalue weighted by Crippen LogP contribution is -1.66. The van der Waals surface area contributed by atoms with Gasteiger partial charge < -0.3 is 0 Å². The van der Waals surface area contributed by atoms with Crippen molar-refractivity contribution in [1.29, 1.82) is 0 Å². The maximum absolute atomic E-state index is 3.48. The van der Waals surface area contributed by atoms with E-state index in [1.54, 1.807) is 22.7 Å². The minimum atomic E-state index is 1.17. The van der Waals surface area contributed by atoms with Crippen molar-refractivity contribution in [3.05, 3.63) is 56.0 Å². The van der Waals surface area contributed by atoms with Gasteiger partial charge in [-0.1, -0.05) is 24.3 Å². The van der Waals surface area contributed by atoms with Crippen LogP contribution in [0.25, 0.3) is 22.2 Å². The zero-order valence-corrected chi connectivity index (χ0v) is 12.1. The van der Waals surface area contributed by atoms with Gasteiger partial charge in [-0.15, -0.1) is 22.7 Å². The van der Waals surface area contributed by atoms with Gasteiger partial charge in [0.25, 0.3) is 0 Å². The standard InChI is InChI=1S/C14H9BrS2/c15-14-8-7-11(17-14)6-5-10-9-16-13-4-2-1-3-12(10)13/h1-9H. The van der Waals surface area contributed by atoms with Crippen LogP contribution < -0.4 is 0 Å². The number of fused-ring (bicyclic) bond motifs is 1. The van der Waals surface area contributed by atoms with Crippen molar-refractivity contribution in [3.63, 3.8) is 0 Å². The maximum Gasteiger partial charge on any atom is 0.0704 e. The van der Waals surface area contributed by atoms with E-state index in [-0.39, 0.29) is 0 Å². The van der Waals surface area contributed by atoms with Crippen LogP contribution in [0.1, 0.15) is 10.4 Å². The summed E-state index contributed by atoms with van der Waals surface area (Å²) in [5.74, 6) is 0. The molecule has 0 saturated carbocycles. The minimum absolute atomic E-state index is 1.17. The van der Waals surface area contributed by atoms with Gasteiger partial charge in [0.1, 0.15) is 0 Å². The quantitative estimate of drug-likeness (QED) is 0.551. The summed E-state index contributed by atoms with van der Waals surface area (Å²) >= 11 is 7.02. The topological polar surface area (TPSA) is 0 Å². The number of benzene rings is 1. The Labute approximate surface area is 116 Å². The van der Waals surface area contributed by atoms with Crippen LogP contribution >= 0.6 is 38.6 Å². The monoisotopic (exact) mass is 320 g/mol. The normalized spacial score (nSPS) is 11.6. The Morgan fingerprint density at radius 3 is 2.71 bits per heavy atom. The molecule has 3 rings (SSSR count). The summed E-state index contributed by atoms with van der Waals surface area (Å²) < 4.78 is 2.52. The molecule has 1 aromatic carbocycles. The number of rotatable bonds is 2. The fraction of sp³-hybridized carbons (Fsp3) is 0. The zero-order valence-electron chi connectivity index (χ0n) is 8.89. The molecule has 0 aliphatic carbocycles. The molecule has 0 fully saturated rings. The molecule has 0 atom stereocenters. The molecule has 0 unspecified atom stereocenters. The lowest BCUT2D eigenvalue weighted by molar-refractivity contribution is 1.83. The smallest absolute Gasteiger partial charge is 0.0704 e. The first kappa shape index (κ1) is 11.2. The van der Waals surface area contributed by atoms with Gasteiger partial charge in [-0.05, 0) is 56.5 Å². The first-order valence-corrected chi connectivity index (χ1v) is 7.71. The van der Waals surface area contributed by atoms with Crippen molar-refractivity contribution in [1.82, 2.24) is 0 Å². The average Bonchev–Trinajstić information content (AvgIpc) is 2.93. The Balaban J connectivity index is 1.97. The number of hydrogen-bond acceptors (Lipinski definition) is 2. The average molecular weight is 321 g/mol. The highest BCUT2D eigenvalue weighted by Gasteiger charge is 1.99. The van der Waals surface area contributed by atoms with Gasteiger partial charge in [-0.2, -0.15) is 0 Å². The van der Waals surface area contributed by atoms with Crippen LogP contribution in [-0.2, 0) is 0 Å². The third kappa shape index (κ3) is 2.37.